The molecule has 0 spiro atoms. The standard InChI is InChI=1S/C14H26N2O6/c1-5-6-9-21-13(20)16-10(11(17)18)7-8-15-12(19)22-14(2,3)4/h10H,5-9H2,1-4H3,(H,15,19)(H,16,20)(H,17,18)/t10-/m0/s1. The minimum absolute atomic E-state index is 0.0253. The lowest BCUT2D eigenvalue weighted by Gasteiger charge is -2.20. The fourth-order valence-electron chi connectivity index (χ4n) is 1.38. The Balaban J connectivity index is 4.12. The maximum absolute atomic E-state index is 11.4. The van der Waals surface area contributed by atoms with Crippen LogP contribution in [-0.2, 0) is 14.3 Å². The van der Waals surface area contributed by atoms with E-state index in [4.69, 9.17) is 14.6 Å². The lowest BCUT2D eigenvalue weighted by atomic mass is 10.2. The number of hydrogen-bond acceptors (Lipinski definition) is 5. The quantitative estimate of drug-likeness (QED) is 0.589. The molecule has 0 heterocycles. The van der Waals surface area contributed by atoms with E-state index in [2.05, 4.69) is 10.6 Å². The third-order valence-corrected chi connectivity index (χ3v) is 2.42. The molecular formula is C14H26N2O6. The summed E-state index contributed by atoms with van der Waals surface area (Å²) in [4.78, 5) is 33.9. The number of unbranched alkanes of at least 4 members (excludes halogenated alkanes) is 1. The first kappa shape index (κ1) is 20.0. The summed E-state index contributed by atoms with van der Waals surface area (Å²) < 4.78 is 9.85. The maximum atomic E-state index is 11.4. The van der Waals surface area contributed by atoms with Gasteiger partial charge in [-0.1, -0.05) is 13.3 Å². The van der Waals surface area contributed by atoms with Crippen LogP contribution in [0, 0.1) is 0 Å². The molecule has 0 radical (unpaired) electrons. The van der Waals surface area contributed by atoms with Crippen LogP contribution < -0.4 is 10.6 Å². The zero-order valence-electron chi connectivity index (χ0n) is 13.6. The highest BCUT2D eigenvalue weighted by atomic mass is 16.6. The first-order valence-corrected chi connectivity index (χ1v) is 7.28. The number of aliphatic carboxylic acids is 1. The average molecular weight is 318 g/mol. The summed E-state index contributed by atoms with van der Waals surface area (Å²) in [6.45, 7) is 7.41. The van der Waals surface area contributed by atoms with Crippen LogP contribution in [0.3, 0.4) is 0 Å². The van der Waals surface area contributed by atoms with Crippen molar-refractivity contribution in [3.05, 3.63) is 0 Å². The van der Waals surface area contributed by atoms with Gasteiger partial charge in [0.2, 0.25) is 0 Å². The van der Waals surface area contributed by atoms with E-state index in [9.17, 15) is 14.4 Å². The molecule has 1 atom stereocenters. The van der Waals surface area contributed by atoms with Crippen LogP contribution in [0.1, 0.15) is 47.0 Å². The molecule has 0 aliphatic rings. The molecule has 0 aromatic rings. The topological polar surface area (TPSA) is 114 Å². The summed E-state index contributed by atoms with van der Waals surface area (Å²) in [5.74, 6) is -1.20. The Bertz CT molecular complexity index is 378. The number of nitrogens with one attached hydrogen (secondary N) is 2. The molecule has 3 N–H and O–H groups in total. The van der Waals surface area contributed by atoms with Crippen molar-refractivity contribution in [3.63, 3.8) is 0 Å². The molecule has 22 heavy (non-hydrogen) atoms. The van der Waals surface area contributed by atoms with E-state index in [0.717, 1.165) is 6.42 Å². The Morgan fingerprint density at radius 1 is 1.18 bits per heavy atom. The van der Waals surface area contributed by atoms with Crippen molar-refractivity contribution in [2.24, 2.45) is 0 Å². The van der Waals surface area contributed by atoms with Gasteiger partial charge in [0.15, 0.2) is 0 Å². The van der Waals surface area contributed by atoms with Crippen LogP contribution in [0.15, 0.2) is 0 Å². The normalized spacial score (nSPS) is 12.2. The molecule has 0 unspecified atom stereocenters. The molecule has 0 fully saturated rings. The highest BCUT2D eigenvalue weighted by Crippen LogP contribution is 2.06. The monoisotopic (exact) mass is 318 g/mol. The fourth-order valence-corrected chi connectivity index (χ4v) is 1.38. The molecule has 2 amide bonds. The predicted octanol–water partition coefficient (Wildman–Crippen LogP) is 1.88. The Morgan fingerprint density at radius 2 is 1.82 bits per heavy atom. The molecule has 0 saturated carbocycles. The largest absolute Gasteiger partial charge is 0.480 e. The van der Waals surface area contributed by atoms with E-state index in [1.54, 1.807) is 20.8 Å². The predicted molar refractivity (Wildman–Crippen MR) is 79.7 cm³/mol. The molecule has 0 aliphatic heterocycles. The zero-order chi connectivity index (χ0) is 17.2. The SMILES string of the molecule is CCCCOC(=O)N[C@@H](CCNC(=O)OC(C)(C)C)C(=O)O. The lowest BCUT2D eigenvalue weighted by Crippen LogP contribution is -2.43. The van der Waals surface area contributed by atoms with Gasteiger partial charge in [-0.15, -0.1) is 0 Å². The number of ether oxygens (including phenoxy) is 2. The molecule has 0 aliphatic carbocycles. The smallest absolute Gasteiger partial charge is 0.407 e. The van der Waals surface area contributed by atoms with Crippen molar-refractivity contribution in [3.8, 4) is 0 Å². The molecule has 0 aromatic heterocycles. The van der Waals surface area contributed by atoms with Crippen molar-refractivity contribution in [1.29, 1.82) is 0 Å². The first-order chi connectivity index (χ1) is 10.2. The first-order valence-electron chi connectivity index (χ1n) is 7.28. The molecule has 0 bridgehead atoms. The minimum Gasteiger partial charge on any atom is -0.480 e. The van der Waals surface area contributed by atoms with Crippen molar-refractivity contribution in [2.45, 2.75) is 58.6 Å². The third kappa shape index (κ3) is 10.8. The van der Waals surface area contributed by atoms with Crippen molar-refractivity contribution in [2.75, 3.05) is 13.2 Å². The summed E-state index contributed by atoms with van der Waals surface area (Å²) in [5.41, 5.74) is -0.627. The minimum atomic E-state index is -1.20. The van der Waals surface area contributed by atoms with Crippen LogP contribution in [0.25, 0.3) is 0 Å². The highest BCUT2D eigenvalue weighted by Gasteiger charge is 2.21. The number of hydrogen-bond donors (Lipinski definition) is 3. The molecule has 0 aromatic carbocycles. The number of carboxylic acid groups (broad SMARTS) is 1. The number of carbonyl (C=O) groups is 3. The Hall–Kier alpha value is -1.99. The number of amides is 2. The summed E-state index contributed by atoms with van der Waals surface area (Å²) >= 11 is 0. The number of carboxylic acids is 1. The van der Waals surface area contributed by atoms with Crippen molar-refractivity contribution < 1.29 is 29.0 Å². The summed E-state index contributed by atoms with van der Waals surface area (Å²) in [6.07, 6.45) is 0.193. The van der Waals surface area contributed by atoms with Crippen LogP contribution in [0.4, 0.5) is 9.59 Å². The molecule has 0 saturated heterocycles. The van der Waals surface area contributed by atoms with Gasteiger partial charge in [-0.25, -0.2) is 14.4 Å². The lowest BCUT2D eigenvalue weighted by molar-refractivity contribution is -0.139. The van der Waals surface area contributed by atoms with E-state index in [-0.39, 0.29) is 19.6 Å². The van der Waals surface area contributed by atoms with Crippen LogP contribution in [0.5, 0.6) is 0 Å². The average Bonchev–Trinajstić information content (AvgIpc) is 2.35. The molecule has 8 nitrogen and oxygen atoms in total. The second kappa shape index (κ2) is 9.86. The van der Waals surface area contributed by atoms with Crippen LogP contribution >= 0.6 is 0 Å². The van der Waals surface area contributed by atoms with Gasteiger partial charge in [0.05, 0.1) is 6.61 Å². The Morgan fingerprint density at radius 3 is 2.32 bits per heavy atom. The number of rotatable bonds is 8. The molecule has 0 rings (SSSR count). The van der Waals surface area contributed by atoms with E-state index < -0.39 is 29.8 Å². The van der Waals surface area contributed by atoms with Gasteiger partial charge in [-0.05, 0) is 33.6 Å². The van der Waals surface area contributed by atoms with Gasteiger partial charge in [0.1, 0.15) is 11.6 Å². The van der Waals surface area contributed by atoms with Crippen molar-refractivity contribution >= 4 is 18.2 Å². The van der Waals surface area contributed by atoms with Gasteiger partial charge in [0.25, 0.3) is 0 Å². The van der Waals surface area contributed by atoms with Gasteiger partial charge in [0, 0.05) is 6.54 Å². The van der Waals surface area contributed by atoms with Crippen LogP contribution in [-0.4, -0.2) is 48.1 Å². The van der Waals surface area contributed by atoms with Gasteiger partial charge in [-0.3, -0.25) is 0 Å². The van der Waals surface area contributed by atoms with E-state index in [1.807, 2.05) is 6.92 Å². The van der Waals surface area contributed by atoms with E-state index in [1.165, 1.54) is 0 Å². The summed E-state index contributed by atoms with van der Waals surface area (Å²) in [5, 5.41) is 13.7. The van der Waals surface area contributed by atoms with Gasteiger partial charge in [-0.2, -0.15) is 0 Å². The second-order valence-electron chi connectivity index (χ2n) is 5.74. The third-order valence-electron chi connectivity index (χ3n) is 2.42. The fraction of sp³-hybridized carbons (Fsp3) is 0.786. The second-order valence-corrected chi connectivity index (χ2v) is 5.74. The number of alkyl carbamates (subject to hydrolysis) is 2. The number of carbonyl (C=O) groups excluding carboxylic acids is 2. The highest BCUT2D eigenvalue weighted by molar-refractivity contribution is 5.79. The zero-order valence-corrected chi connectivity index (χ0v) is 13.6. The molecule has 128 valence electrons. The molecule has 8 heteroatoms. The maximum Gasteiger partial charge on any atom is 0.407 e. The Labute approximate surface area is 130 Å². The van der Waals surface area contributed by atoms with Gasteiger partial charge < -0.3 is 25.2 Å². The molecular weight excluding hydrogens is 292 g/mol. The summed E-state index contributed by atoms with van der Waals surface area (Å²) in [6, 6.07) is -1.14. The van der Waals surface area contributed by atoms with Crippen molar-refractivity contribution in [1.82, 2.24) is 10.6 Å². The van der Waals surface area contributed by atoms with E-state index in [0.29, 0.717) is 6.42 Å². The summed E-state index contributed by atoms with van der Waals surface area (Å²) in [7, 11) is 0. The Kier molecular flexibility index (Phi) is 8.97. The van der Waals surface area contributed by atoms with Gasteiger partial charge >= 0.3 is 18.2 Å². The van der Waals surface area contributed by atoms with Crippen LogP contribution in [0.2, 0.25) is 0 Å². The van der Waals surface area contributed by atoms with E-state index >= 15 is 0 Å².